The summed E-state index contributed by atoms with van der Waals surface area (Å²) in [7, 11) is 0. The molecule has 0 aliphatic carbocycles. The maximum Gasteiger partial charge on any atom is 0.191 e. The molecule has 0 aliphatic heterocycles. The first-order valence-electron chi connectivity index (χ1n) is 2.97. The van der Waals surface area contributed by atoms with Gasteiger partial charge < -0.3 is 5.11 Å². The Morgan fingerprint density at radius 1 is 1.73 bits per heavy atom. The van der Waals surface area contributed by atoms with Gasteiger partial charge in [-0.3, -0.25) is 4.98 Å². The van der Waals surface area contributed by atoms with E-state index in [-0.39, 0.29) is 5.05 Å². The molecular weight excluding hydrogens is 178 g/mol. The monoisotopic (exact) mass is 185 g/mol. The van der Waals surface area contributed by atoms with Gasteiger partial charge in [-0.25, -0.2) is 0 Å². The standard InChI is InChI=1S/C7H7NOS2/c1-11-6-2-3-8-4-5(6)7(9)10/h2-4H,1H3,(H,9,10). The Labute approximate surface area is 74.7 Å². The molecule has 58 valence electrons. The molecule has 1 rings (SSSR count). The molecule has 0 atom stereocenters. The number of nitrogens with zero attached hydrogens (tertiary/aromatic N) is 1. The van der Waals surface area contributed by atoms with E-state index < -0.39 is 0 Å². The van der Waals surface area contributed by atoms with Gasteiger partial charge in [0.15, 0.2) is 5.05 Å². The van der Waals surface area contributed by atoms with Crippen LogP contribution in [0.4, 0.5) is 0 Å². The summed E-state index contributed by atoms with van der Waals surface area (Å²) in [4.78, 5) is 4.81. The van der Waals surface area contributed by atoms with E-state index >= 15 is 0 Å². The zero-order valence-electron chi connectivity index (χ0n) is 5.94. The molecule has 1 aromatic rings. The fourth-order valence-electron chi connectivity index (χ4n) is 0.720. The first-order chi connectivity index (χ1) is 5.25. The van der Waals surface area contributed by atoms with E-state index in [1.54, 1.807) is 12.4 Å². The van der Waals surface area contributed by atoms with Crippen molar-refractivity contribution in [3.05, 3.63) is 24.0 Å². The van der Waals surface area contributed by atoms with Crippen LogP contribution in [0.15, 0.2) is 23.4 Å². The zero-order chi connectivity index (χ0) is 8.27. The van der Waals surface area contributed by atoms with E-state index in [1.165, 1.54) is 11.8 Å². The molecule has 0 radical (unpaired) electrons. The van der Waals surface area contributed by atoms with E-state index in [0.29, 0.717) is 5.56 Å². The van der Waals surface area contributed by atoms with E-state index in [4.69, 9.17) is 5.11 Å². The lowest BCUT2D eigenvalue weighted by atomic mass is 10.3. The number of hydrogen-bond donors (Lipinski definition) is 1. The topological polar surface area (TPSA) is 33.1 Å². The van der Waals surface area contributed by atoms with Gasteiger partial charge in [-0.1, -0.05) is 0 Å². The molecule has 0 unspecified atom stereocenters. The second-order valence-corrected chi connectivity index (χ2v) is 3.12. The van der Waals surface area contributed by atoms with Crippen molar-refractivity contribution in [2.24, 2.45) is 0 Å². The molecule has 11 heavy (non-hydrogen) atoms. The predicted molar refractivity (Wildman–Crippen MR) is 50.3 cm³/mol. The molecule has 0 aliphatic rings. The lowest BCUT2D eigenvalue weighted by Gasteiger charge is -2.01. The quantitative estimate of drug-likeness (QED) is 0.564. The van der Waals surface area contributed by atoms with Crippen LogP contribution in [0.1, 0.15) is 5.56 Å². The number of thiocarbonyl (C=S) groups is 1. The van der Waals surface area contributed by atoms with Gasteiger partial charge in [-0.15, -0.1) is 11.8 Å². The third-order valence-electron chi connectivity index (χ3n) is 1.23. The van der Waals surface area contributed by atoms with Crippen LogP contribution in [0.25, 0.3) is 0 Å². The molecule has 0 aromatic carbocycles. The third-order valence-corrected chi connectivity index (χ3v) is 2.25. The largest absolute Gasteiger partial charge is 0.498 e. The first kappa shape index (κ1) is 8.49. The summed E-state index contributed by atoms with van der Waals surface area (Å²) in [6.45, 7) is 0. The second kappa shape index (κ2) is 3.69. The van der Waals surface area contributed by atoms with E-state index in [1.807, 2.05) is 12.3 Å². The van der Waals surface area contributed by atoms with Crippen molar-refractivity contribution in [3.8, 4) is 0 Å². The number of aromatic nitrogens is 1. The number of aliphatic hydroxyl groups is 1. The Bertz CT molecular complexity index is 275. The van der Waals surface area contributed by atoms with Crippen LogP contribution >= 0.6 is 24.0 Å². The number of hydrogen-bond acceptors (Lipinski definition) is 3. The molecule has 0 saturated heterocycles. The smallest absolute Gasteiger partial charge is 0.191 e. The lowest BCUT2D eigenvalue weighted by Crippen LogP contribution is -1.97. The highest BCUT2D eigenvalue weighted by molar-refractivity contribution is 7.98. The summed E-state index contributed by atoms with van der Waals surface area (Å²) in [6, 6.07) is 1.82. The minimum absolute atomic E-state index is 0.0950. The predicted octanol–water partition coefficient (Wildman–Crippen LogP) is 2.04. The molecule has 4 heteroatoms. The van der Waals surface area contributed by atoms with Gasteiger partial charge in [-0.05, 0) is 24.5 Å². The Morgan fingerprint density at radius 3 is 2.91 bits per heavy atom. The van der Waals surface area contributed by atoms with Crippen LogP contribution in [0.2, 0.25) is 0 Å². The molecule has 0 bridgehead atoms. The number of pyridine rings is 1. The fourth-order valence-corrected chi connectivity index (χ4v) is 1.51. The van der Waals surface area contributed by atoms with Gasteiger partial charge in [0.1, 0.15) is 0 Å². The van der Waals surface area contributed by atoms with Crippen molar-refractivity contribution in [2.75, 3.05) is 6.26 Å². The summed E-state index contributed by atoms with van der Waals surface area (Å²) in [5.74, 6) is 0. The van der Waals surface area contributed by atoms with Crippen molar-refractivity contribution >= 4 is 29.0 Å². The Balaban J connectivity index is 3.12. The molecule has 0 saturated carbocycles. The Hall–Kier alpha value is -0.610. The van der Waals surface area contributed by atoms with Gasteiger partial charge in [0, 0.05) is 17.3 Å². The highest BCUT2D eigenvalue weighted by Gasteiger charge is 2.03. The molecule has 0 fully saturated rings. The first-order valence-corrected chi connectivity index (χ1v) is 4.60. The highest BCUT2D eigenvalue weighted by atomic mass is 32.2. The van der Waals surface area contributed by atoms with Crippen molar-refractivity contribution < 1.29 is 5.11 Å². The van der Waals surface area contributed by atoms with Crippen molar-refractivity contribution in [1.82, 2.24) is 4.98 Å². The third kappa shape index (κ3) is 1.91. The summed E-state index contributed by atoms with van der Waals surface area (Å²) in [5, 5.41) is 8.92. The number of rotatable bonds is 2. The second-order valence-electron chi connectivity index (χ2n) is 1.88. The van der Waals surface area contributed by atoms with Crippen molar-refractivity contribution in [1.29, 1.82) is 0 Å². The van der Waals surface area contributed by atoms with Crippen molar-refractivity contribution in [3.63, 3.8) is 0 Å². The van der Waals surface area contributed by atoms with Crippen LogP contribution in [0.5, 0.6) is 0 Å². The van der Waals surface area contributed by atoms with E-state index in [9.17, 15) is 0 Å². The molecule has 1 heterocycles. The summed E-state index contributed by atoms with van der Waals surface area (Å²) in [5.41, 5.74) is 0.634. The molecular formula is C7H7NOS2. The average Bonchev–Trinajstić information content (AvgIpc) is 2.04. The lowest BCUT2D eigenvalue weighted by molar-refractivity contribution is 0.569. The van der Waals surface area contributed by atoms with Gasteiger partial charge >= 0.3 is 0 Å². The van der Waals surface area contributed by atoms with Crippen molar-refractivity contribution in [2.45, 2.75) is 4.90 Å². The van der Waals surface area contributed by atoms with Gasteiger partial charge in [0.25, 0.3) is 0 Å². The Kier molecular flexibility index (Phi) is 2.84. The minimum Gasteiger partial charge on any atom is -0.498 e. The van der Waals surface area contributed by atoms with E-state index in [0.717, 1.165) is 4.90 Å². The summed E-state index contributed by atoms with van der Waals surface area (Å²) >= 11 is 6.15. The number of aliphatic hydroxyl groups excluding tert-OH is 1. The van der Waals surface area contributed by atoms with Gasteiger partial charge in [0.2, 0.25) is 0 Å². The van der Waals surface area contributed by atoms with Crippen LogP contribution in [-0.2, 0) is 0 Å². The maximum absolute atomic E-state index is 9.01. The molecule has 0 spiro atoms. The fraction of sp³-hybridized carbons (Fsp3) is 0.143. The molecule has 1 aromatic heterocycles. The normalized spacial score (nSPS) is 9.55. The van der Waals surface area contributed by atoms with E-state index in [2.05, 4.69) is 17.2 Å². The average molecular weight is 185 g/mol. The van der Waals surface area contributed by atoms with Crippen LogP contribution < -0.4 is 0 Å². The minimum atomic E-state index is -0.0950. The molecule has 1 N–H and O–H groups in total. The maximum atomic E-state index is 9.01. The van der Waals surface area contributed by atoms with Crippen LogP contribution in [0, 0.1) is 0 Å². The zero-order valence-corrected chi connectivity index (χ0v) is 7.58. The van der Waals surface area contributed by atoms with Crippen LogP contribution in [0.3, 0.4) is 0 Å². The molecule has 0 amide bonds. The van der Waals surface area contributed by atoms with Gasteiger partial charge in [-0.2, -0.15) is 0 Å². The van der Waals surface area contributed by atoms with Gasteiger partial charge in [0.05, 0.1) is 5.56 Å². The summed E-state index contributed by atoms with van der Waals surface area (Å²) < 4.78 is 0. The highest BCUT2D eigenvalue weighted by Crippen LogP contribution is 2.18. The summed E-state index contributed by atoms with van der Waals surface area (Å²) in [6.07, 6.45) is 5.17. The Morgan fingerprint density at radius 2 is 2.45 bits per heavy atom. The SMILES string of the molecule is CSc1ccncc1C(O)=S. The molecule has 2 nitrogen and oxygen atoms in total. The van der Waals surface area contributed by atoms with Crippen LogP contribution in [-0.4, -0.2) is 21.4 Å². The number of thioether (sulfide) groups is 1.